The summed E-state index contributed by atoms with van der Waals surface area (Å²) in [6, 6.07) is 4.51. The monoisotopic (exact) mass is 495 g/mol. The fourth-order valence-electron chi connectivity index (χ4n) is 4.05. The van der Waals surface area contributed by atoms with Crippen molar-refractivity contribution in [2.24, 2.45) is 5.73 Å². The van der Waals surface area contributed by atoms with Gasteiger partial charge in [-0.05, 0) is 31.2 Å². The number of alkyl halides is 4. The van der Waals surface area contributed by atoms with E-state index in [0.717, 1.165) is 6.07 Å². The highest BCUT2D eigenvalue weighted by Crippen LogP contribution is 2.37. The van der Waals surface area contributed by atoms with Gasteiger partial charge >= 0.3 is 6.18 Å². The summed E-state index contributed by atoms with van der Waals surface area (Å²) in [4.78, 5) is 24.9. The maximum absolute atomic E-state index is 13.3. The molecule has 1 aliphatic rings. The predicted molar refractivity (Wildman–Crippen MR) is 120 cm³/mol. The van der Waals surface area contributed by atoms with E-state index in [9.17, 15) is 22.4 Å². The zero-order valence-electron chi connectivity index (χ0n) is 19.2. The van der Waals surface area contributed by atoms with Crippen molar-refractivity contribution in [1.82, 2.24) is 19.8 Å². The molecule has 2 N–H and O–H groups in total. The first-order valence-corrected chi connectivity index (χ1v) is 11.0. The van der Waals surface area contributed by atoms with Crippen molar-refractivity contribution >= 4 is 16.8 Å². The van der Waals surface area contributed by atoms with Gasteiger partial charge in [0.1, 0.15) is 23.6 Å². The van der Waals surface area contributed by atoms with Gasteiger partial charge < -0.3 is 19.8 Å². The molecular weight excluding hydrogens is 470 g/mol. The van der Waals surface area contributed by atoms with E-state index in [1.807, 2.05) is 4.90 Å². The zero-order chi connectivity index (χ0) is 25.3. The van der Waals surface area contributed by atoms with Crippen molar-refractivity contribution in [2.75, 3.05) is 46.5 Å². The molecule has 1 aliphatic heterocycles. The number of pyridine rings is 1. The van der Waals surface area contributed by atoms with Crippen LogP contribution in [0.25, 0.3) is 22.4 Å². The van der Waals surface area contributed by atoms with Gasteiger partial charge in [-0.15, -0.1) is 0 Å². The number of piperazine rings is 1. The number of ether oxygens (including phenoxy) is 1. The minimum absolute atomic E-state index is 0.0165. The summed E-state index contributed by atoms with van der Waals surface area (Å²) in [5.41, 5.74) is 5.35. The summed E-state index contributed by atoms with van der Waals surface area (Å²) in [6.07, 6.45) is -4.63. The molecule has 0 radical (unpaired) electrons. The molecule has 35 heavy (non-hydrogen) atoms. The predicted octanol–water partition coefficient (Wildman–Crippen LogP) is 3.66. The standard InChI is InChI=1S/C23H25F4N5O3/c1-13(28)20-19(22(33)32-11-9-31(8-7-24)10-12-32)30-21(35-20)15-3-5-16(34-2)18-14(15)4-6-17(29-18)23(25,26)27/h3-6,13H,7-12,28H2,1-2H3/t13-/m0/s1. The van der Waals surface area contributed by atoms with E-state index in [0.29, 0.717) is 43.7 Å². The smallest absolute Gasteiger partial charge is 0.433 e. The molecule has 1 atom stereocenters. The number of halogens is 4. The molecular formula is C23H25F4N5O3. The minimum atomic E-state index is -4.63. The average Bonchev–Trinajstić information content (AvgIpc) is 3.28. The molecule has 0 aliphatic carbocycles. The molecule has 1 fully saturated rings. The Morgan fingerprint density at radius 2 is 1.89 bits per heavy atom. The molecule has 0 bridgehead atoms. The molecule has 0 unspecified atom stereocenters. The highest BCUT2D eigenvalue weighted by molar-refractivity contribution is 5.98. The van der Waals surface area contributed by atoms with Gasteiger partial charge in [0, 0.05) is 43.7 Å². The number of carbonyl (C=O) groups excluding carboxylic acids is 1. The van der Waals surface area contributed by atoms with E-state index in [4.69, 9.17) is 14.9 Å². The van der Waals surface area contributed by atoms with E-state index >= 15 is 0 Å². The number of carbonyl (C=O) groups is 1. The van der Waals surface area contributed by atoms with Crippen LogP contribution in [0.5, 0.6) is 5.75 Å². The van der Waals surface area contributed by atoms with E-state index < -0.39 is 24.6 Å². The summed E-state index contributed by atoms with van der Waals surface area (Å²) in [7, 11) is 1.33. The molecule has 1 saturated heterocycles. The van der Waals surface area contributed by atoms with Gasteiger partial charge in [-0.1, -0.05) is 0 Å². The van der Waals surface area contributed by atoms with Crippen molar-refractivity contribution < 1.29 is 31.5 Å². The second-order valence-corrected chi connectivity index (χ2v) is 8.25. The van der Waals surface area contributed by atoms with E-state index in [-0.39, 0.29) is 34.5 Å². The average molecular weight is 495 g/mol. The van der Waals surface area contributed by atoms with Crippen molar-refractivity contribution in [3.8, 4) is 17.2 Å². The van der Waals surface area contributed by atoms with Crippen LogP contribution >= 0.6 is 0 Å². The molecule has 188 valence electrons. The van der Waals surface area contributed by atoms with E-state index in [1.54, 1.807) is 17.9 Å². The van der Waals surface area contributed by atoms with Gasteiger partial charge in [0.25, 0.3) is 5.91 Å². The lowest BCUT2D eigenvalue weighted by atomic mass is 10.1. The van der Waals surface area contributed by atoms with Gasteiger partial charge in [0.2, 0.25) is 5.89 Å². The molecule has 1 aromatic carbocycles. The summed E-state index contributed by atoms with van der Waals surface area (Å²) >= 11 is 0. The third kappa shape index (κ3) is 4.94. The fraction of sp³-hybridized carbons (Fsp3) is 0.435. The second kappa shape index (κ2) is 9.78. The Morgan fingerprint density at radius 1 is 1.17 bits per heavy atom. The van der Waals surface area contributed by atoms with Crippen LogP contribution in [0.4, 0.5) is 17.6 Å². The molecule has 0 spiro atoms. The fourth-order valence-corrected chi connectivity index (χ4v) is 4.05. The van der Waals surface area contributed by atoms with Gasteiger partial charge in [0.05, 0.1) is 13.2 Å². The number of methoxy groups -OCH3 is 1. The van der Waals surface area contributed by atoms with Gasteiger partial charge in [0.15, 0.2) is 11.5 Å². The zero-order valence-corrected chi connectivity index (χ0v) is 19.2. The topological polar surface area (TPSA) is 97.7 Å². The van der Waals surface area contributed by atoms with Crippen LogP contribution in [0.1, 0.15) is 34.9 Å². The number of aromatic nitrogens is 2. The first kappa shape index (κ1) is 24.9. The Hall–Kier alpha value is -3.25. The summed E-state index contributed by atoms with van der Waals surface area (Å²) in [5.74, 6) is -0.0234. The maximum Gasteiger partial charge on any atom is 0.433 e. The summed E-state index contributed by atoms with van der Waals surface area (Å²) in [6.45, 7) is 3.36. The molecule has 3 heterocycles. The molecule has 2 aromatic heterocycles. The van der Waals surface area contributed by atoms with Crippen LogP contribution in [0.2, 0.25) is 0 Å². The number of nitrogens with two attached hydrogens (primary N) is 1. The van der Waals surface area contributed by atoms with Crippen LogP contribution in [0.15, 0.2) is 28.7 Å². The summed E-state index contributed by atoms with van der Waals surface area (Å²) in [5, 5.41) is 0.314. The maximum atomic E-state index is 13.3. The highest BCUT2D eigenvalue weighted by Gasteiger charge is 2.34. The number of benzene rings is 1. The molecule has 8 nitrogen and oxygen atoms in total. The lowest BCUT2D eigenvalue weighted by Crippen LogP contribution is -2.49. The Balaban J connectivity index is 1.74. The normalized spacial score (nSPS) is 16.0. The van der Waals surface area contributed by atoms with Crippen LogP contribution < -0.4 is 10.5 Å². The van der Waals surface area contributed by atoms with Crippen LogP contribution in [0.3, 0.4) is 0 Å². The van der Waals surface area contributed by atoms with E-state index in [2.05, 4.69) is 9.97 Å². The molecule has 0 saturated carbocycles. The Labute approximate surface area is 198 Å². The lowest BCUT2D eigenvalue weighted by molar-refractivity contribution is -0.140. The number of hydrogen-bond donors (Lipinski definition) is 1. The lowest BCUT2D eigenvalue weighted by Gasteiger charge is -2.33. The van der Waals surface area contributed by atoms with Gasteiger partial charge in [-0.2, -0.15) is 13.2 Å². The van der Waals surface area contributed by atoms with Crippen molar-refractivity contribution in [3.05, 3.63) is 41.4 Å². The number of fused-ring (bicyclic) bond motifs is 1. The number of rotatable bonds is 6. The third-order valence-electron chi connectivity index (χ3n) is 5.89. The van der Waals surface area contributed by atoms with Crippen molar-refractivity contribution in [1.29, 1.82) is 0 Å². The summed E-state index contributed by atoms with van der Waals surface area (Å²) < 4.78 is 63.4. The largest absolute Gasteiger partial charge is 0.494 e. The Morgan fingerprint density at radius 3 is 2.49 bits per heavy atom. The van der Waals surface area contributed by atoms with Crippen LogP contribution in [-0.4, -0.2) is 72.2 Å². The second-order valence-electron chi connectivity index (χ2n) is 8.25. The van der Waals surface area contributed by atoms with Crippen LogP contribution in [0, 0.1) is 0 Å². The SMILES string of the molecule is COc1ccc(-c2nc(C(=O)N3CCN(CCF)CC3)c([C@H](C)N)o2)c2ccc(C(F)(F)F)nc12. The number of amides is 1. The molecule has 3 aromatic rings. The molecule has 12 heteroatoms. The van der Waals surface area contributed by atoms with E-state index in [1.165, 1.54) is 19.2 Å². The molecule has 4 rings (SSSR count). The Kier molecular flexibility index (Phi) is 6.95. The quantitative estimate of drug-likeness (QED) is 0.521. The van der Waals surface area contributed by atoms with Crippen molar-refractivity contribution in [2.45, 2.75) is 19.1 Å². The first-order chi connectivity index (χ1) is 16.6. The number of nitrogens with zero attached hydrogens (tertiary/aromatic N) is 4. The minimum Gasteiger partial charge on any atom is -0.494 e. The van der Waals surface area contributed by atoms with Gasteiger partial charge in [-0.25, -0.2) is 14.4 Å². The molecule has 1 amide bonds. The van der Waals surface area contributed by atoms with Crippen molar-refractivity contribution in [3.63, 3.8) is 0 Å². The third-order valence-corrected chi connectivity index (χ3v) is 5.89. The number of hydrogen-bond acceptors (Lipinski definition) is 7. The van der Waals surface area contributed by atoms with Gasteiger partial charge in [-0.3, -0.25) is 9.69 Å². The van der Waals surface area contributed by atoms with Crippen LogP contribution in [-0.2, 0) is 6.18 Å². The highest BCUT2D eigenvalue weighted by atomic mass is 19.4. The Bertz CT molecular complexity index is 1220. The first-order valence-electron chi connectivity index (χ1n) is 11.0. The number of oxazole rings is 1.